The van der Waals surface area contributed by atoms with Crippen LogP contribution in [0.5, 0.6) is 0 Å². The average molecular weight is 268 g/mol. The molecular formula is C13H16O4S. The molecule has 0 N–H and O–H groups in total. The Kier molecular flexibility index (Phi) is 4.16. The third kappa shape index (κ3) is 3.41. The molecule has 1 atom stereocenters. The summed E-state index contributed by atoms with van der Waals surface area (Å²) >= 11 is 0. The van der Waals surface area contributed by atoms with Crippen molar-refractivity contribution in [1.29, 1.82) is 0 Å². The first-order valence-corrected chi connectivity index (χ1v) is 7.23. The molecule has 4 nitrogen and oxygen atoms in total. The number of ether oxygens (including phenoxy) is 1. The average Bonchev–Trinajstić information content (AvgIpc) is 2.38. The highest BCUT2D eigenvalue weighted by Gasteiger charge is 2.18. The van der Waals surface area contributed by atoms with Crippen molar-refractivity contribution >= 4 is 10.1 Å². The number of benzene rings is 1. The molecule has 0 aromatic heterocycles. The summed E-state index contributed by atoms with van der Waals surface area (Å²) in [6.07, 6.45) is 4.38. The van der Waals surface area contributed by atoms with Crippen LogP contribution in [0.15, 0.2) is 41.3 Å². The zero-order chi connectivity index (χ0) is 13.0. The van der Waals surface area contributed by atoms with Gasteiger partial charge in [-0.05, 0) is 25.5 Å². The van der Waals surface area contributed by atoms with Gasteiger partial charge in [-0.3, -0.25) is 4.18 Å². The number of aryl methyl sites for hydroxylation is 1. The predicted octanol–water partition coefficient (Wildman–Crippen LogP) is 2.05. The van der Waals surface area contributed by atoms with Gasteiger partial charge in [0.1, 0.15) is 6.10 Å². The van der Waals surface area contributed by atoms with Crippen LogP contribution in [0.1, 0.15) is 12.0 Å². The lowest BCUT2D eigenvalue weighted by atomic mass is 10.2. The lowest BCUT2D eigenvalue weighted by molar-refractivity contribution is 0.0474. The van der Waals surface area contributed by atoms with Gasteiger partial charge in [0, 0.05) is 0 Å². The predicted molar refractivity (Wildman–Crippen MR) is 67.8 cm³/mol. The Morgan fingerprint density at radius 3 is 2.67 bits per heavy atom. The van der Waals surface area contributed by atoms with E-state index < -0.39 is 10.1 Å². The fourth-order valence-corrected chi connectivity index (χ4v) is 2.54. The maximum atomic E-state index is 11.9. The molecule has 1 aromatic rings. The number of rotatable bonds is 4. The Bertz CT molecular complexity index is 516. The summed E-state index contributed by atoms with van der Waals surface area (Å²) in [5.41, 5.74) is 1.01. The van der Waals surface area contributed by atoms with Gasteiger partial charge in [0.2, 0.25) is 0 Å². The molecule has 98 valence electrons. The molecular weight excluding hydrogens is 252 g/mol. The van der Waals surface area contributed by atoms with Crippen LogP contribution in [0.3, 0.4) is 0 Å². The van der Waals surface area contributed by atoms with E-state index in [0.29, 0.717) is 6.61 Å². The smallest absolute Gasteiger partial charge is 0.297 e. The molecule has 0 unspecified atom stereocenters. The van der Waals surface area contributed by atoms with E-state index in [1.54, 1.807) is 24.3 Å². The van der Waals surface area contributed by atoms with Crippen molar-refractivity contribution in [3.8, 4) is 0 Å². The van der Waals surface area contributed by atoms with E-state index in [0.717, 1.165) is 12.0 Å². The molecule has 1 aliphatic heterocycles. The maximum absolute atomic E-state index is 11.9. The molecule has 1 aromatic carbocycles. The lowest BCUT2D eigenvalue weighted by Crippen LogP contribution is -2.22. The molecule has 0 spiro atoms. The van der Waals surface area contributed by atoms with Gasteiger partial charge in [0.05, 0.1) is 18.1 Å². The number of hydrogen-bond donors (Lipinski definition) is 0. The van der Waals surface area contributed by atoms with E-state index >= 15 is 0 Å². The van der Waals surface area contributed by atoms with E-state index in [2.05, 4.69) is 0 Å². The van der Waals surface area contributed by atoms with Gasteiger partial charge in [-0.25, -0.2) is 0 Å². The standard InChI is InChI=1S/C13H16O4S/c1-11-5-7-13(8-6-11)18(14,15)17-10-12-4-2-3-9-16-12/h2,4-8,12H,3,9-10H2,1H3/t12-/m1/s1. The van der Waals surface area contributed by atoms with E-state index in [4.69, 9.17) is 8.92 Å². The molecule has 0 fully saturated rings. The Morgan fingerprint density at radius 2 is 2.06 bits per heavy atom. The first-order valence-electron chi connectivity index (χ1n) is 5.82. The summed E-state index contributed by atoms with van der Waals surface area (Å²) in [4.78, 5) is 0.174. The van der Waals surface area contributed by atoms with Gasteiger partial charge in [-0.15, -0.1) is 0 Å². The quantitative estimate of drug-likeness (QED) is 0.619. The Hall–Kier alpha value is -1.17. The third-order valence-electron chi connectivity index (χ3n) is 2.66. The summed E-state index contributed by atoms with van der Waals surface area (Å²) in [6.45, 7) is 2.53. The van der Waals surface area contributed by atoms with Crippen LogP contribution in [-0.4, -0.2) is 27.7 Å². The van der Waals surface area contributed by atoms with Crippen LogP contribution in [-0.2, 0) is 19.0 Å². The van der Waals surface area contributed by atoms with Crippen molar-refractivity contribution in [2.24, 2.45) is 0 Å². The van der Waals surface area contributed by atoms with Crippen molar-refractivity contribution in [3.05, 3.63) is 42.0 Å². The third-order valence-corrected chi connectivity index (χ3v) is 3.96. The fraction of sp³-hybridized carbons (Fsp3) is 0.385. The van der Waals surface area contributed by atoms with E-state index in [1.807, 2.05) is 19.1 Å². The Morgan fingerprint density at radius 1 is 1.33 bits per heavy atom. The maximum Gasteiger partial charge on any atom is 0.297 e. The summed E-state index contributed by atoms with van der Waals surface area (Å²) < 4.78 is 34.1. The summed E-state index contributed by atoms with van der Waals surface area (Å²) in [5.74, 6) is 0. The lowest BCUT2D eigenvalue weighted by Gasteiger charge is -2.17. The molecule has 1 aliphatic rings. The second-order valence-electron chi connectivity index (χ2n) is 4.18. The molecule has 0 radical (unpaired) electrons. The fourth-order valence-electron chi connectivity index (χ4n) is 1.62. The minimum Gasteiger partial charge on any atom is -0.371 e. The minimum atomic E-state index is -3.69. The van der Waals surface area contributed by atoms with E-state index in [-0.39, 0.29) is 17.6 Å². The van der Waals surface area contributed by atoms with Crippen LogP contribution in [0.2, 0.25) is 0 Å². The van der Waals surface area contributed by atoms with Crippen LogP contribution < -0.4 is 0 Å². The van der Waals surface area contributed by atoms with Crippen LogP contribution >= 0.6 is 0 Å². The summed E-state index contributed by atoms with van der Waals surface area (Å²) in [6, 6.07) is 6.57. The van der Waals surface area contributed by atoms with E-state index in [9.17, 15) is 8.42 Å². The zero-order valence-corrected chi connectivity index (χ0v) is 11.0. The van der Waals surface area contributed by atoms with Crippen molar-refractivity contribution in [2.45, 2.75) is 24.3 Å². The largest absolute Gasteiger partial charge is 0.371 e. The van der Waals surface area contributed by atoms with Gasteiger partial charge in [-0.2, -0.15) is 8.42 Å². The van der Waals surface area contributed by atoms with Crippen molar-refractivity contribution < 1.29 is 17.3 Å². The highest BCUT2D eigenvalue weighted by molar-refractivity contribution is 7.86. The molecule has 5 heteroatoms. The van der Waals surface area contributed by atoms with Gasteiger partial charge in [-0.1, -0.05) is 29.8 Å². The van der Waals surface area contributed by atoms with Crippen molar-refractivity contribution in [2.75, 3.05) is 13.2 Å². The number of hydrogen-bond acceptors (Lipinski definition) is 4. The van der Waals surface area contributed by atoms with Gasteiger partial charge < -0.3 is 4.74 Å². The molecule has 0 bridgehead atoms. The van der Waals surface area contributed by atoms with Crippen LogP contribution in [0.25, 0.3) is 0 Å². The molecule has 0 aliphatic carbocycles. The normalized spacial score (nSPS) is 19.9. The van der Waals surface area contributed by atoms with Crippen molar-refractivity contribution in [3.63, 3.8) is 0 Å². The van der Waals surface area contributed by atoms with Gasteiger partial charge >= 0.3 is 0 Å². The first-order chi connectivity index (χ1) is 8.58. The molecule has 2 rings (SSSR count). The Balaban J connectivity index is 2.01. The molecule has 0 saturated carbocycles. The molecule has 0 amide bonds. The van der Waals surface area contributed by atoms with Crippen LogP contribution in [0, 0.1) is 6.92 Å². The topological polar surface area (TPSA) is 52.6 Å². The highest BCUT2D eigenvalue weighted by Crippen LogP contribution is 2.15. The SMILES string of the molecule is Cc1ccc(S(=O)(=O)OC[C@H]2C=CCCO2)cc1. The second kappa shape index (κ2) is 5.65. The second-order valence-corrected chi connectivity index (χ2v) is 5.79. The molecule has 1 heterocycles. The van der Waals surface area contributed by atoms with Crippen molar-refractivity contribution in [1.82, 2.24) is 0 Å². The summed E-state index contributed by atoms with van der Waals surface area (Å²) in [5, 5.41) is 0. The zero-order valence-electron chi connectivity index (χ0n) is 10.2. The Labute approximate surface area is 107 Å². The minimum absolute atomic E-state index is 0.0205. The van der Waals surface area contributed by atoms with Gasteiger partial charge in [0.15, 0.2) is 0 Å². The highest BCUT2D eigenvalue weighted by atomic mass is 32.2. The molecule has 18 heavy (non-hydrogen) atoms. The summed E-state index contributed by atoms with van der Waals surface area (Å²) in [7, 11) is -3.69. The monoisotopic (exact) mass is 268 g/mol. The first kappa shape index (κ1) is 13.3. The molecule has 0 saturated heterocycles. The van der Waals surface area contributed by atoms with E-state index in [1.165, 1.54) is 0 Å². The van der Waals surface area contributed by atoms with Crippen LogP contribution in [0.4, 0.5) is 0 Å². The van der Waals surface area contributed by atoms with Gasteiger partial charge in [0.25, 0.3) is 10.1 Å².